The second-order valence-corrected chi connectivity index (χ2v) is 7.90. The summed E-state index contributed by atoms with van der Waals surface area (Å²) < 4.78 is 0. The van der Waals surface area contributed by atoms with E-state index >= 15 is 0 Å². The van der Waals surface area contributed by atoms with Gasteiger partial charge in [-0.15, -0.1) is 0 Å². The Kier molecular flexibility index (Phi) is 11.1. The van der Waals surface area contributed by atoms with E-state index in [-0.39, 0.29) is 5.48 Å². The maximum atomic E-state index is 13.1. The van der Waals surface area contributed by atoms with Crippen LogP contribution in [0.25, 0.3) is 0 Å². The molecule has 2 aliphatic carbocycles. The van der Waals surface area contributed by atoms with Crippen LogP contribution in [0.4, 0.5) is 0 Å². The third-order valence-corrected chi connectivity index (χ3v) is 5.55. The number of benzene rings is 1. The van der Waals surface area contributed by atoms with Crippen molar-refractivity contribution in [2.75, 3.05) is 19.6 Å². The minimum Gasteiger partial charge on any atom is -0.545 e. The largest absolute Gasteiger partial charge is 0.545 e. The van der Waals surface area contributed by atoms with Crippen molar-refractivity contribution in [2.45, 2.75) is 65.2 Å². The number of aryl methyl sites for hydroxylation is 2. The molecule has 0 aliphatic heterocycles. The highest BCUT2D eigenvalue weighted by molar-refractivity contribution is 6.01. The predicted octanol–water partition coefficient (Wildman–Crippen LogP) is 0.186. The van der Waals surface area contributed by atoms with Gasteiger partial charge in [-0.2, -0.15) is 0 Å². The van der Waals surface area contributed by atoms with Crippen molar-refractivity contribution in [3.63, 3.8) is 0 Å². The molecule has 0 atom stereocenters. The Balaban J connectivity index is 0.000000461. The average molecular weight is 432 g/mol. The molecule has 1 aromatic carbocycles. The molecule has 7 heteroatoms. The van der Waals surface area contributed by atoms with E-state index in [2.05, 4.69) is 24.8 Å². The first kappa shape index (κ1) is 26.5. The number of carbonyl (C=O) groups excluding carboxylic acids is 3. The fourth-order valence-electron chi connectivity index (χ4n) is 4.47. The van der Waals surface area contributed by atoms with E-state index in [1.807, 2.05) is 0 Å². The van der Waals surface area contributed by atoms with Gasteiger partial charge in [0, 0.05) is 5.56 Å². The Morgan fingerprint density at radius 2 is 1.32 bits per heavy atom. The number of Topliss-reactive ketones (excluding diaryl/α,β-unsaturated/α-hetero) is 1. The smallest absolute Gasteiger partial charge is 0.177 e. The van der Waals surface area contributed by atoms with E-state index in [0.717, 1.165) is 44.3 Å². The molecule has 7 nitrogen and oxygen atoms in total. The van der Waals surface area contributed by atoms with E-state index in [1.165, 1.54) is 47.9 Å². The number of rotatable bonds is 9. The summed E-state index contributed by atoms with van der Waals surface area (Å²) in [5, 5.41) is 18.8. The van der Waals surface area contributed by atoms with Crippen LogP contribution in [-0.4, -0.2) is 47.7 Å². The van der Waals surface area contributed by atoms with Crippen LogP contribution in [-0.2, 0) is 35.3 Å². The summed E-state index contributed by atoms with van der Waals surface area (Å²) >= 11 is 0. The lowest BCUT2D eigenvalue weighted by atomic mass is 9.91. The molecule has 0 saturated heterocycles. The van der Waals surface area contributed by atoms with Crippen LogP contribution >= 0.6 is 0 Å². The van der Waals surface area contributed by atoms with Gasteiger partial charge < -0.3 is 25.3 Å². The lowest BCUT2D eigenvalue weighted by molar-refractivity contribution is -0.301. The van der Waals surface area contributed by atoms with Crippen molar-refractivity contribution in [2.24, 2.45) is 0 Å². The van der Waals surface area contributed by atoms with E-state index < -0.39 is 11.9 Å². The minimum atomic E-state index is -1.55. The summed E-state index contributed by atoms with van der Waals surface area (Å²) in [6.45, 7) is 7.09. The van der Waals surface area contributed by atoms with Crippen LogP contribution in [0.2, 0.25) is 0 Å². The van der Waals surface area contributed by atoms with Crippen molar-refractivity contribution in [3.05, 3.63) is 46.0 Å². The second kappa shape index (κ2) is 13.0. The maximum Gasteiger partial charge on any atom is 0.177 e. The summed E-state index contributed by atoms with van der Waals surface area (Å²) in [5.74, 6) is -2.71. The number of ketones is 1. The molecular formula is C24H33NO6-2. The fraction of sp³-hybridized carbons (Fsp3) is 0.542. The van der Waals surface area contributed by atoms with Crippen molar-refractivity contribution >= 4 is 17.7 Å². The SMILES string of the molecule is CCCN(CCC)CC(=O)c1c2c(cc3c1CCC3)CCC2.O.O=C([O-])/C=C\C(=O)[O-]. The summed E-state index contributed by atoms with van der Waals surface area (Å²) in [6, 6.07) is 2.41. The zero-order valence-electron chi connectivity index (χ0n) is 18.5. The third-order valence-electron chi connectivity index (χ3n) is 5.55. The highest BCUT2D eigenvalue weighted by atomic mass is 16.4. The van der Waals surface area contributed by atoms with Gasteiger partial charge in [0.2, 0.25) is 0 Å². The van der Waals surface area contributed by atoms with Crippen LogP contribution in [0.1, 0.15) is 72.1 Å². The van der Waals surface area contributed by atoms with E-state index in [9.17, 15) is 24.6 Å². The molecular weight excluding hydrogens is 398 g/mol. The standard InChI is InChI=1S/C20H29NO.C4H4O4.H2O/c1-3-11-21(12-4-2)14-19(22)20-17-9-5-7-15(17)13-16-8-6-10-18(16)20;5-3(6)1-2-4(7)8;/h13H,3-12,14H2,1-2H3;1-2H,(H,5,6)(H,7,8);1H2/p-2/b;2-1-;. The molecule has 1 aromatic rings. The van der Waals surface area contributed by atoms with Crippen molar-refractivity contribution in [1.29, 1.82) is 0 Å². The molecule has 0 unspecified atom stereocenters. The Hall–Kier alpha value is -2.51. The van der Waals surface area contributed by atoms with Crippen molar-refractivity contribution in [3.8, 4) is 0 Å². The second-order valence-electron chi connectivity index (χ2n) is 7.90. The van der Waals surface area contributed by atoms with Crippen molar-refractivity contribution < 1.29 is 30.1 Å². The van der Waals surface area contributed by atoms with E-state index in [4.69, 9.17) is 0 Å². The zero-order valence-corrected chi connectivity index (χ0v) is 18.5. The normalized spacial score (nSPS) is 13.9. The molecule has 0 saturated carbocycles. The highest BCUT2D eigenvalue weighted by Crippen LogP contribution is 2.35. The monoisotopic (exact) mass is 431 g/mol. The Labute approximate surface area is 184 Å². The molecule has 31 heavy (non-hydrogen) atoms. The quantitative estimate of drug-likeness (QED) is 0.405. The van der Waals surface area contributed by atoms with Gasteiger partial charge in [0.25, 0.3) is 0 Å². The number of carboxylic acids is 2. The lowest BCUT2D eigenvalue weighted by Crippen LogP contribution is -2.32. The number of hydrogen-bond acceptors (Lipinski definition) is 6. The molecule has 0 radical (unpaired) electrons. The Morgan fingerprint density at radius 3 is 1.71 bits per heavy atom. The van der Waals surface area contributed by atoms with Crippen molar-refractivity contribution in [1.82, 2.24) is 4.90 Å². The van der Waals surface area contributed by atoms with Crippen LogP contribution < -0.4 is 10.2 Å². The molecule has 0 spiro atoms. The van der Waals surface area contributed by atoms with E-state index in [0.29, 0.717) is 24.5 Å². The first-order chi connectivity index (χ1) is 14.4. The third kappa shape index (κ3) is 7.60. The van der Waals surface area contributed by atoms with Crippen LogP contribution in [0.3, 0.4) is 0 Å². The minimum absolute atomic E-state index is 0. The average Bonchev–Trinajstić information content (AvgIpc) is 3.34. The van der Waals surface area contributed by atoms with Gasteiger partial charge in [-0.05, 0) is 98.9 Å². The number of aliphatic carboxylic acids is 2. The molecule has 2 aliphatic rings. The first-order valence-electron chi connectivity index (χ1n) is 10.9. The number of carbonyl (C=O) groups is 3. The highest BCUT2D eigenvalue weighted by Gasteiger charge is 2.27. The summed E-state index contributed by atoms with van der Waals surface area (Å²) in [4.78, 5) is 34.3. The molecule has 0 amide bonds. The van der Waals surface area contributed by atoms with Gasteiger partial charge in [-0.3, -0.25) is 9.69 Å². The molecule has 0 fully saturated rings. The Bertz CT molecular complexity index is 761. The molecule has 3 rings (SSSR count). The molecule has 0 bridgehead atoms. The first-order valence-corrected chi connectivity index (χ1v) is 10.9. The number of fused-ring (bicyclic) bond motifs is 2. The Morgan fingerprint density at radius 1 is 0.871 bits per heavy atom. The lowest BCUT2D eigenvalue weighted by Gasteiger charge is -2.22. The van der Waals surface area contributed by atoms with Gasteiger partial charge in [0.1, 0.15) is 0 Å². The molecule has 172 valence electrons. The maximum absolute atomic E-state index is 13.1. The summed E-state index contributed by atoms with van der Waals surface area (Å²) in [6.07, 6.45) is 10.1. The van der Waals surface area contributed by atoms with Gasteiger partial charge in [-0.25, -0.2) is 0 Å². The molecule has 0 aromatic heterocycles. The topological polar surface area (TPSA) is 132 Å². The fourth-order valence-corrected chi connectivity index (χ4v) is 4.47. The van der Waals surface area contributed by atoms with Crippen LogP contribution in [0.5, 0.6) is 0 Å². The number of carboxylic acid groups (broad SMARTS) is 2. The molecule has 2 N–H and O–H groups in total. The van der Waals surface area contributed by atoms with Crippen LogP contribution in [0, 0.1) is 0 Å². The van der Waals surface area contributed by atoms with Crippen LogP contribution in [0.15, 0.2) is 18.2 Å². The van der Waals surface area contributed by atoms with Gasteiger partial charge in [-0.1, -0.05) is 19.9 Å². The van der Waals surface area contributed by atoms with E-state index in [1.54, 1.807) is 0 Å². The predicted molar refractivity (Wildman–Crippen MR) is 115 cm³/mol. The molecule has 0 heterocycles. The van der Waals surface area contributed by atoms with Gasteiger partial charge in [0.15, 0.2) is 5.78 Å². The summed E-state index contributed by atoms with van der Waals surface area (Å²) in [5.41, 5.74) is 6.89. The zero-order chi connectivity index (χ0) is 22.1. The summed E-state index contributed by atoms with van der Waals surface area (Å²) in [7, 11) is 0. The van der Waals surface area contributed by atoms with Gasteiger partial charge in [0.05, 0.1) is 18.5 Å². The van der Waals surface area contributed by atoms with Gasteiger partial charge >= 0.3 is 0 Å². The number of hydrogen-bond donors (Lipinski definition) is 0. The number of nitrogens with zero attached hydrogens (tertiary/aromatic N) is 1.